The molecule has 0 heterocycles. The van der Waals surface area contributed by atoms with E-state index in [1.165, 1.54) is 0 Å². The second-order valence-electron chi connectivity index (χ2n) is 8.53. The van der Waals surface area contributed by atoms with Crippen molar-refractivity contribution < 1.29 is 19.1 Å². The average Bonchev–Trinajstić information content (AvgIpc) is 2.54. The molecular weight excluding hydrogens is 316 g/mol. The van der Waals surface area contributed by atoms with E-state index >= 15 is 0 Å². The van der Waals surface area contributed by atoms with Crippen LogP contribution in [-0.2, 0) is 19.1 Å². The first-order valence-electron chi connectivity index (χ1n) is 9.53. The Morgan fingerprint density at radius 3 is 2.52 bits per heavy atom. The number of esters is 1. The van der Waals surface area contributed by atoms with Gasteiger partial charge < -0.3 is 4.74 Å². The van der Waals surface area contributed by atoms with Crippen LogP contribution in [0, 0.1) is 22.2 Å². The maximum absolute atomic E-state index is 13.2. The number of unbranched alkanes of at least 4 members (excludes halogenated alkanes) is 3. The number of hydrogen-bond acceptors (Lipinski definition) is 4. The van der Waals surface area contributed by atoms with E-state index < -0.39 is 22.2 Å². The van der Waals surface area contributed by atoms with E-state index in [4.69, 9.17) is 4.74 Å². The molecule has 3 atom stereocenters. The van der Waals surface area contributed by atoms with Crippen molar-refractivity contribution in [3.8, 4) is 0 Å². The Kier molecular flexibility index (Phi) is 5.60. The van der Waals surface area contributed by atoms with E-state index in [2.05, 4.69) is 13.5 Å². The van der Waals surface area contributed by atoms with Crippen molar-refractivity contribution in [2.75, 3.05) is 6.61 Å². The molecule has 4 heteroatoms. The molecule has 0 spiro atoms. The summed E-state index contributed by atoms with van der Waals surface area (Å²) in [6.45, 7) is 11.8. The van der Waals surface area contributed by atoms with Crippen LogP contribution in [0.1, 0.15) is 72.6 Å². The Hall–Kier alpha value is -1.45. The number of ether oxygens (including phenoxy) is 1. The third kappa shape index (κ3) is 2.98. The van der Waals surface area contributed by atoms with Gasteiger partial charge in [0, 0.05) is 22.7 Å². The van der Waals surface area contributed by atoms with Gasteiger partial charge in [0.25, 0.3) is 0 Å². The molecule has 140 valence electrons. The summed E-state index contributed by atoms with van der Waals surface area (Å²) in [6.07, 6.45) is 6.80. The SMILES string of the molecule is C=CC[C@]12C[C@H](C(=O)OCCCCCC)[C@](C)(CC1=O)C(=O)C2(C)C. The molecular formula is C21H32O4. The van der Waals surface area contributed by atoms with Gasteiger partial charge in [0.1, 0.15) is 11.6 Å². The highest BCUT2D eigenvalue weighted by atomic mass is 16.5. The Bertz CT molecular complexity index is 576. The highest BCUT2D eigenvalue weighted by molar-refractivity contribution is 6.08. The minimum atomic E-state index is -0.940. The lowest BCUT2D eigenvalue weighted by molar-refractivity contribution is -0.191. The van der Waals surface area contributed by atoms with Gasteiger partial charge in [-0.2, -0.15) is 0 Å². The van der Waals surface area contributed by atoms with Crippen LogP contribution in [0.15, 0.2) is 12.7 Å². The number of ketones is 2. The summed E-state index contributed by atoms with van der Waals surface area (Å²) in [5.41, 5.74) is -2.54. The molecule has 3 saturated carbocycles. The molecule has 3 aliphatic rings. The molecule has 3 aliphatic carbocycles. The number of rotatable bonds is 8. The van der Waals surface area contributed by atoms with Crippen molar-refractivity contribution in [2.24, 2.45) is 22.2 Å². The average molecular weight is 348 g/mol. The molecule has 4 nitrogen and oxygen atoms in total. The van der Waals surface area contributed by atoms with Gasteiger partial charge in [0.15, 0.2) is 0 Å². The molecule has 3 fully saturated rings. The normalized spacial score (nSPS) is 33.4. The highest BCUT2D eigenvalue weighted by Gasteiger charge is 2.71. The third-order valence-electron chi connectivity index (χ3n) is 6.69. The van der Waals surface area contributed by atoms with Crippen LogP contribution in [0.5, 0.6) is 0 Å². The van der Waals surface area contributed by atoms with E-state index in [1.807, 2.05) is 13.8 Å². The summed E-state index contributed by atoms with van der Waals surface area (Å²) in [5, 5.41) is 0. The van der Waals surface area contributed by atoms with Gasteiger partial charge in [0.05, 0.1) is 12.5 Å². The zero-order valence-electron chi connectivity index (χ0n) is 16.2. The predicted octanol–water partition coefficient (Wildman–Crippen LogP) is 4.27. The number of hydrogen-bond donors (Lipinski definition) is 0. The number of fused-ring (bicyclic) bond motifs is 3. The van der Waals surface area contributed by atoms with Gasteiger partial charge in [-0.25, -0.2) is 0 Å². The maximum atomic E-state index is 13.2. The summed E-state index contributed by atoms with van der Waals surface area (Å²) in [6, 6.07) is 0. The standard InChI is InChI=1S/C21H32O4/c1-6-8-9-10-12-25-17(23)15-13-21(11-7-2)16(22)14-20(15,5)18(24)19(21,3)4/h7,15H,2,6,8-14H2,1,3-5H3/t15-,20+,21+/m1/s1. The minimum absolute atomic E-state index is 0.0145. The predicted molar refractivity (Wildman–Crippen MR) is 97.0 cm³/mol. The lowest BCUT2D eigenvalue weighted by Crippen LogP contribution is -2.68. The number of Topliss-reactive ketones (excluding diaryl/α,β-unsaturated/α-hetero) is 2. The van der Waals surface area contributed by atoms with E-state index in [9.17, 15) is 14.4 Å². The molecule has 3 rings (SSSR count). The molecule has 0 radical (unpaired) electrons. The molecule has 0 unspecified atom stereocenters. The largest absolute Gasteiger partial charge is 0.465 e. The van der Waals surface area contributed by atoms with E-state index in [1.54, 1.807) is 13.0 Å². The van der Waals surface area contributed by atoms with Gasteiger partial charge >= 0.3 is 5.97 Å². The van der Waals surface area contributed by atoms with E-state index in [0.29, 0.717) is 19.4 Å². The smallest absolute Gasteiger partial charge is 0.309 e. The van der Waals surface area contributed by atoms with Crippen LogP contribution < -0.4 is 0 Å². The fraction of sp³-hybridized carbons (Fsp3) is 0.762. The van der Waals surface area contributed by atoms with Gasteiger partial charge in [-0.15, -0.1) is 6.58 Å². The zero-order chi connectivity index (χ0) is 18.9. The summed E-state index contributed by atoms with van der Waals surface area (Å²) in [4.78, 5) is 38.8. The molecule has 25 heavy (non-hydrogen) atoms. The van der Waals surface area contributed by atoms with Crippen molar-refractivity contribution in [1.29, 1.82) is 0 Å². The van der Waals surface area contributed by atoms with Crippen LogP contribution in [0.4, 0.5) is 0 Å². The van der Waals surface area contributed by atoms with Crippen LogP contribution in [0.3, 0.4) is 0 Å². The topological polar surface area (TPSA) is 60.4 Å². The number of carbonyl (C=O) groups is 3. The lowest BCUT2D eigenvalue weighted by atomic mass is 9.39. The Morgan fingerprint density at radius 2 is 1.92 bits per heavy atom. The van der Waals surface area contributed by atoms with Crippen LogP contribution >= 0.6 is 0 Å². The van der Waals surface area contributed by atoms with Crippen LogP contribution in [-0.4, -0.2) is 24.1 Å². The van der Waals surface area contributed by atoms with Gasteiger partial charge in [-0.05, 0) is 19.3 Å². The van der Waals surface area contributed by atoms with Crippen molar-refractivity contribution in [1.82, 2.24) is 0 Å². The molecule has 0 saturated heterocycles. The van der Waals surface area contributed by atoms with Crippen LogP contribution in [0.25, 0.3) is 0 Å². The van der Waals surface area contributed by atoms with Gasteiger partial charge in [0.2, 0.25) is 0 Å². The molecule has 0 amide bonds. The van der Waals surface area contributed by atoms with Crippen molar-refractivity contribution >= 4 is 17.5 Å². The fourth-order valence-corrected chi connectivity index (χ4v) is 4.93. The van der Waals surface area contributed by atoms with E-state index in [0.717, 1.165) is 25.7 Å². The Labute approximate surface area is 151 Å². The van der Waals surface area contributed by atoms with Gasteiger partial charge in [-0.1, -0.05) is 53.0 Å². The zero-order valence-corrected chi connectivity index (χ0v) is 16.2. The summed E-state index contributed by atoms with van der Waals surface area (Å²) in [7, 11) is 0. The number of allylic oxidation sites excluding steroid dienone is 1. The van der Waals surface area contributed by atoms with Crippen molar-refractivity contribution in [3.05, 3.63) is 12.7 Å². The van der Waals surface area contributed by atoms with Crippen molar-refractivity contribution in [3.63, 3.8) is 0 Å². The Morgan fingerprint density at radius 1 is 1.24 bits per heavy atom. The summed E-state index contributed by atoms with van der Waals surface area (Å²) >= 11 is 0. The monoisotopic (exact) mass is 348 g/mol. The second kappa shape index (κ2) is 7.05. The lowest BCUT2D eigenvalue weighted by Gasteiger charge is -2.60. The first-order chi connectivity index (χ1) is 11.7. The molecule has 0 aliphatic heterocycles. The fourth-order valence-electron chi connectivity index (χ4n) is 4.93. The minimum Gasteiger partial charge on any atom is -0.465 e. The maximum Gasteiger partial charge on any atom is 0.309 e. The van der Waals surface area contributed by atoms with E-state index in [-0.39, 0.29) is 24.0 Å². The Balaban J connectivity index is 2.21. The molecule has 0 aromatic heterocycles. The quantitative estimate of drug-likeness (QED) is 0.373. The van der Waals surface area contributed by atoms with Crippen molar-refractivity contribution in [2.45, 2.75) is 72.6 Å². The second-order valence-corrected chi connectivity index (χ2v) is 8.53. The first kappa shape index (κ1) is 19.9. The molecule has 2 bridgehead atoms. The van der Waals surface area contributed by atoms with Gasteiger partial charge in [-0.3, -0.25) is 14.4 Å². The number of carbonyl (C=O) groups excluding carboxylic acids is 3. The third-order valence-corrected chi connectivity index (χ3v) is 6.69. The van der Waals surface area contributed by atoms with Crippen LogP contribution in [0.2, 0.25) is 0 Å². The molecule has 0 aromatic carbocycles. The first-order valence-corrected chi connectivity index (χ1v) is 9.53. The highest BCUT2D eigenvalue weighted by Crippen LogP contribution is 2.65. The molecule has 0 N–H and O–H groups in total. The molecule has 0 aromatic rings. The summed E-state index contributed by atoms with van der Waals surface area (Å²) in [5.74, 6) is -0.743. The summed E-state index contributed by atoms with van der Waals surface area (Å²) < 4.78 is 5.49.